The average molecular weight is 262 g/mol. The van der Waals surface area contributed by atoms with Crippen molar-refractivity contribution in [2.24, 2.45) is 0 Å². The fraction of sp³-hybridized carbons (Fsp3) is 0.562. The maximum Gasteiger partial charge on any atom is 0.194 e. The molecule has 0 heterocycles. The smallest absolute Gasteiger partial charge is 0.194 e. The first kappa shape index (κ1) is 14.1. The number of Topliss-reactive ketones (excluding diaryl/α,β-unsaturated/α-hetero) is 1. The molecule has 0 saturated heterocycles. The summed E-state index contributed by atoms with van der Waals surface area (Å²) in [6, 6.07) is 7.41. The highest BCUT2D eigenvalue weighted by Crippen LogP contribution is 2.34. The number of rotatable bonds is 5. The van der Waals surface area contributed by atoms with Crippen molar-refractivity contribution in [3.63, 3.8) is 0 Å². The molecule has 3 heteroatoms. The molecule has 0 radical (unpaired) electrons. The van der Waals surface area contributed by atoms with Crippen LogP contribution in [0, 0.1) is 0 Å². The summed E-state index contributed by atoms with van der Waals surface area (Å²) in [7, 11) is 1.65. The van der Waals surface area contributed by atoms with Crippen LogP contribution in [0.3, 0.4) is 0 Å². The first-order chi connectivity index (χ1) is 9.22. The molecule has 0 amide bonds. The highest BCUT2D eigenvalue weighted by molar-refractivity contribution is 6.02. The summed E-state index contributed by atoms with van der Waals surface area (Å²) >= 11 is 0. The summed E-state index contributed by atoms with van der Waals surface area (Å²) in [6.45, 7) is 2.54. The van der Waals surface area contributed by atoms with Crippen molar-refractivity contribution in [3.8, 4) is 5.75 Å². The van der Waals surface area contributed by atoms with E-state index < -0.39 is 5.60 Å². The molecule has 0 spiro atoms. The van der Waals surface area contributed by atoms with Gasteiger partial charge in [-0.05, 0) is 31.9 Å². The van der Waals surface area contributed by atoms with Gasteiger partial charge in [0.05, 0.1) is 6.61 Å². The largest absolute Gasteiger partial charge is 0.494 e. The van der Waals surface area contributed by atoms with Gasteiger partial charge in [-0.15, -0.1) is 0 Å². The minimum absolute atomic E-state index is 0.0938. The van der Waals surface area contributed by atoms with Crippen molar-refractivity contribution < 1.29 is 14.3 Å². The van der Waals surface area contributed by atoms with Gasteiger partial charge in [0.25, 0.3) is 0 Å². The highest BCUT2D eigenvalue weighted by atomic mass is 16.5. The van der Waals surface area contributed by atoms with Gasteiger partial charge in [-0.25, -0.2) is 0 Å². The Morgan fingerprint density at radius 1 is 1.26 bits per heavy atom. The lowest BCUT2D eigenvalue weighted by atomic mass is 9.79. The van der Waals surface area contributed by atoms with Gasteiger partial charge in [-0.3, -0.25) is 4.79 Å². The third-order valence-electron chi connectivity index (χ3n) is 3.87. The van der Waals surface area contributed by atoms with Crippen LogP contribution in [-0.4, -0.2) is 25.1 Å². The molecule has 1 saturated carbocycles. The van der Waals surface area contributed by atoms with Gasteiger partial charge in [0.15, 0.2) is 5.78 Å². The Morgan fingerprint density at radius 2 is 2.00 bits per heavy atom. The van der Waals surface area contributed by atoms with Crippen LogP contribution in [0.5, 0.6) is 5.75 Å². The Hall–Kier alpha value is -1.35. The van der Waals surface area contributed by atoms with E-state index in [2.05, 4.69) is 0 Å². The molecule has 1 fully saturated rings. The Balaban J connectivity index is 2.24. The molecule has 104 valence electrons. The second kappa shape index (κ2) is 6.20. The van der Waals surface area contributed by atoms with Gasteiger partial charge in [0.2, 0.25) is 0 Å². The van der Waals surface area contributed by atoms with Crippen molar-refractivity contribution in [1.29, 1.82) is 0 Å². The summed E-state index contributed by atoms with van der Waals surface area (Å²) in [5.74, 6) is 0.840. The number of hydrogen-bond donors (Lipinski definition) is 0. The minimum atomic E-state index is -0.622. The van der Waals surface area contributed by atoms with Crippen LogP contribution in [0.4, 0.5) is 0 Å². The predicted octanol–water partition coefficient (Wildman–Crippen LogP) is 3.62. The van der Waals surface area contributed by atoms with Crippen LogP contribution in [-0.2, 0) is 4.74 Å². The van der Waals surface area contributed by atoms with Crippen LogP contribution in [0.1, 0.15) is 49.4 Å². The monoisotopic (exact) mass is 262 g/mol. The van der Waals surface area contributed by atoms with E-state index in [0.29, 0.717) is 12.2 Å². The molecule has 0 atom stereocenters. The molecule has 2 rings (SSSR count). The van der Waals surface area contributed by atoms with E-state index in [9.17, 15) is 4.79 Å². The van der Waals surface area contributed by atoms with Crippen molar-refractivity contribution in [2.45, 2.75) is 44.6 Å². The number of ether oxygens (including phenoxy) is 2. The molecule has 0 N–H and O–H groups in total. The van der Waals surface area contributed by atoms with Gasteiger partial charge in [-0.2, -0.15) is 0 Å². The fourth-order valence-corrected chi connectivity index (χ4v) is 2.80. The second-order valence-corrected chi connectivity index (χ2v) is 5.05. The molecule has 0 unspecified atom stereocenters. The van der Waals surface area contributed by atoms with Crippen molar-refractivity contribution >= 4 is 5.78 Å². The summed E-state index contributed by atoms with van der Waals surface area (Å²) in [5.41, 5.74) is 0.0676. The lowest BCUT2D eigenvalue weighted by molar-refractivity contribution is -0.0194. The normalized spacial score (nSPS) is 18.0. The molecular formula is C16H22O3. The van der Waals surface area contributed by atoms with Crippen molar-refractivity contribution in [2.75, 3.05) is 13.7 Å². The lowest BCUT2D eigenvalue weighted by Gasteiger charge is -2.34. The van der Waals surface area contributed by atoms with Crippen LogP contribution >= 0.6 is 0 Å². The maximum atomic E-state index is 12.7. The van der Waals surface area contributed by atoms with E-state index in [1.54, 1.807) is 7.11 Å². The summed E-state index contributed by atoms with van der Waals surface area (Å²) < 4.78 is 11.1. The van der Waals surface area contributed by atoms with Gasteiger partial charge < -0.3 is 9.47 Å². The Kier molecular flexibility index (Phi) is 4.59. The summed E-state index contributed by atoms with van der Waals surface area (Å²) in [5, 5.41) is 0. The van der Waals surface area contributed by atoms with E-state index >= 15 is 0 Å². The van der Waals surface area contributed by atoms with E-state index in [4.69, 9.17) is 9.47 Å². The van der Waals surface area contributed by atoms with Crippen LogP contribution in [0.25, 0.3) is 0 Å². The topological polar surface area (TPSA) is 35.5 Å². The Labute approximate surface area is 114 Å². The van der Waals surface area contributed by atoms with Gasteiger partial charge in [0.1, 0.15) is 11.4 Å². The number of carbonyl (C=O) groups excluding carboxylic acids is 1. The number of methoxy groups -OCH3 is 1. The van der Waals surface area contributed by atoms with Gasteiger partial charge in [0, 0.05) is 12.7 Å². The SMILES string of the molecule is CCOc1cccc(C(=O)C2(OC)CCCCC2)c1. The minimum Gasteiger partial charge on any atom is -0.494 e. The molecule has 0 bridgehead atoms. The second-order valence-electron chi connectivity index (χ2n) is 5.05. The molecule has 0 aliphatic heterocycles. The molecule has 1 aromatic rings. The third kappa shape index (κ3) is 2.98. The zero-order valence-corrected chi connectivity index (χ0v) is 11.8. The lowest BCUT2D eigenvalue weighted by Crippen LogP contribution is -2.42. The zero-order valence-electron chi connectivity index (χ0n) is 11.8. The van der Waals surface area contributed by atoms with Crippen LogP contribution in [0.15, 0.2) is 24.3 Å². The molecule has 1 aliphatic carbocycles. The van der Waals surface area contributed by atoms with E-state index in [0.717, 1.165) is 31.4 Å². The molecule has 1 aromatic carbocycles. The highest BCUT2D eigenvalue weighted by Gasteiger charge is 2.39. The molecule has 1 aliphatic rings. The molecule has 0 aromatic heterocycles. The van der Waals surface area contributed by atoms with E-state index in [-0.39, 0.29) is 5.78 Å². The molecule has 3 nitrogen and oxygen atoms in total. The van der Waals surface area contributed by atoms with Crippen LogP contribution < -0.4 is 4.74 Å². The van der Waals surface area contributed by atoms with Crippen molar-refractivity contribution in [3.05, 3.63) is 29.8 Å². The van der Waals surface area contributed by atoms with E-state index in [1.807, 2.05) is 31.2 Å². The molecule has 19 heavy (non-hydrogen) atoms. The van der Waals surface area contributed by atoms with E-state index in [1.165, 1.54) is 6.42 Å². The van der Waals surface area contributed by atoms with Gasteiger partial charge >= 0.3 is 0 Å². The predicted molar refractivity (Wildman–Crippen MR) is 74.8 cm³/mol. The van der Waals surface area contributed by atoms with Gasteiger partial charge in [-0.1, -0.05) is 31.4 Å². The Bertz CT molecular complexity index is 433. The standard InChI is InChI=1S/C16H22O3/c1-3-19-14-9-7-8-13(12-14)15(17)16(18-2)10-5-4-6-11-16/h7-9,12H,3-6,10-11H2,1-2H3. The number of benzene rings is 1. The quantitative estimate of drug-likeness (QED) is 0.760. The number of hydrogen-bond acceptors (Lipinski definition) is 3. The van der Waals surface area contributed by atoms with Crippen LogP contribution in [0.2, 0.25) is 0 Å². The fourth-order valence-electron chi connectivity index (χ4n) is 2.80. The maximum absolute atomic E-state index is 12.7. The Morgan fingerprint density at radius 3 is 2.63 bits per heavy atom. The zero-order chi connectivity index (χ0) is 13.7. The number of carbonyl (C=O) groups is 1. The first-order valence-corrected chi connectivity index (χ1v) is 7.04. The third-order valence-corrected chi connectivity index (χ3v) is 3.87. The average Bonchev–Trinajstić information content (AvgIpc) is 2.48. The van der Waals surface area contributed by atoms with Crippen molar-refractivity contribution in [1.82, 2.24) is 0 Å². The summed E-state index contributed by atoms with van der Waals surface area (Å²) in [6.07, 6.45) is 4.95. The summed E-state index contributed by atoms with van der Waals surface area (Å²) in [4.78, 5) is 12.7. The molecular weight excluding hydrogens is 240 g/mol. The number of ketones is 1. The first-order valence-electron chi connectivity index (χ1n) is 7.04.